The minimum Gasteiger partial charge on any atom is -0.456 e. The third kappa shape index (κ3) is 10.5. The number of hydrogen-bond acceptors (Lipinski definition) is 4. The van der Waals surface area contributed by atoms with Crippen LogP contribution in [0.25, 0.3) is 97.7 Å². The molecule has 0 radical (unpaired) electrons. The third-order valence-corrected chi connectivity index (χ3v) is 23.5. The van der Waals surface area contributed by atoms with Crippen molar-refractivity contribution in [3.8, 4) is 55.6 Å². The van der Waals surface area contributed by atoms with Gasteiger partial charge < -0.3 is 14.2 Å². The largest absolute Gasteiger partial charge is 0.456 e. The van der Waals surface area contributed by atoms with Gasteiger partial charge in [-0.05, 0) is 167 Å². The summed E-state index contributed by atoms with van der Waals surface area (Å²) in [5, 5.41) is 4.79. The number of furan rings is 1. The molecule has 2 heterocycles. The Labute approximate surface area is 633 Å². The van der Waals surface area contributed by atoms with Crippen LogP contribution in [-0.2, 0) is 10.8 Å². The van der Waals surface area contributed by atoms with Crippen molar-refractivity contribution in [2.24, 2.45) is 0 Å². The van der Waals surface area contributed by atoms with Crippen LogP contribution in [0, 0.1) is 0 Å². The lowest BCUT2D eigenvalue weighted by Gasteiger charge is -2.34. The van der Waals surface area contributed by atoms with Crippen LogP contribution in [0.15, 0.2) is 429 Å². The highest BCUT2D eigenvalue weighted by Crippen LogP contribution is 2.60. The average molecular weight is 1400 g/mol. The predicted octanol–water partition coefficient (Wildman–Crippen LogP) is 28.3. The second-order valence-electron chi connectivity index (χ2n) is 28.1. The second-order valence-corrected chi connectivity index (χ2v) is 29.1. The number of thiophene rings is 1. The molecule has 508 valence electrons. The Morgan fingerprint density at radius 1 is 0.213 bits per heavy atom. The highest BCUT2D eigenvalue weighted by molar-refractivity contribution is 7.26. The van der Waals surface area contributed by atoms with Gasteiger partial charge in [0, 0.05) is 76.7 Å². The molecular weight excluding hydrogens is 1330 g/mol. The standard InChI is InChI=1S/C55H37NO.C49H33NS/c1-4-15-38(16-5-1)40-27-31-43(32-28-40)56(44-33-29-41(30-34-44)39-17-6-2-7-18-39)45-35-36-48-49-23-14-26-52(54(49)57-53(48)37-45)55(42-19-8-3-9-20-42)50-24-12-10-21-46(50)47-22-11-13-25-51(47)55;1-4-15-34(16-5-1)35-27-29-38(30-28-35)50(37-19-8-3-9-20-37)39-31-32-42-43-23-14-26-46(48(43)51-47(42)33-39)49(36-17-6-2-7-18-36)44-24-12-10-21-40(44)41-22-11-13-25-45(41)49/h1-37H;1-33H. The maximum Gasteiger partial charge on any atom is 0.140 e. The van der Waals surface area contributed by atoms with E-state index in [1.165, 1.54) is 115 Å². The highest BCUT2D eigenvalue weighted by Gasteiger charge is 2.49. The molecule has 3 nitrogen and oxygen atoms in total. The Balaban J connectivity index is 0.000000143. The summed E-state index contributed by atoms with van der Waals surface area (Å²) in [6.07, 6.45) is 0. The minimum absolute atomic E-state index is 0.436. The van der Waals surface area contributed by atoms with Crippen molar-refractivity contribution >= 4 is 87.6 Å². The molecule has 108 heavy (non-hydrogen) atoms. The van der Waals surface area contributed by atoms with E-state index in [1.807, 2.05) is 11.3 Å². The zero-order chi connectivity index (χ0) is 71.5. The molecule has 19 aromatic rings. The van der Waals surface area contributed by atoms with Crippen molar-refractivity contribution in [2.45, 2.75) is 10.8 Å². The van der Waals surface area contributed by atoms with Crippen LogP contribution >= 0.6 is 11.3 Å². The summed E-state index contributed by atoms with van der Waals surface area (Å²) < 4.78 is 9.77. The third-order valence-electron chi connectivity index (χ3n) is 22.3. The van der Waals surface area contributed by atoms with Crippen molar-refractivity contribution in [3.05, 3.63) is 469 Å². The summed E-state index contributed by atoms with van der Waals surface area (Å²) in [6.45, 7) is 0. The van der Waals surface area contributed by atoms with Crippen LogP contribution in [0.1, 0.15) is 44.5 Å². The maximum atomic E-state index is 7.16. The fourth-order valence-corrected chi connectivity index (χ4v) is 18.9. The van der Waals surface area contributed by atoms with Crippen LogP contribution in [0.3, 0.4) is 0 Å². The molecule has 21 rings (SSSR count). The molecule has 2 aromatic heterocycles. The molecule has 2 aliphatic carbocycles. The van der Waals surface area contributed by atoms with Gasteiger partial charge in [-0.15, -0.1) is 11.3 Å². The van der Waals surface area contributed by atoms with Crippen LogP contribution in [0.5, 0.6) is 0 Å². The van der Waals surface area contributed by atoms with Crippen LogP contribution < -0.4 is 9.80 Å². The average Bonchev–Trinajstić information content (AvgIpc) is 1.53. The van der Waals surface area contributed by atoms with Gasteiger partial charge >= 0.3 is 0 Å². The van der Waals surface area contributed by atoms with E-state index in [0.717, 1.165) is 61.6 Å². The van der Waals surface area contributed by atoms with E-state index in [0.29, 0.717) is 0 Å². The second kappa shape index (κ2) is 26.8. The van der Waals surface area contributed by atoms with E-state index in [2.05, 4.69) is 434 Å². The summed E-state index contributed by atoms with van der Waals surface area (Å²) in [6, 6.07) is 154. The molecule has 2 aliphatic rings. The molecule has 0 aliphatic heterocycles. The Hall–Kier alpha value is -13.6. The first-order valence-electron chi connectivity index (χ1n) is 37.1. The molecule has 0 bridgehead atoms. The number of hydrogen-bond donors (Lipinski definition) is 0. The van der Waals surface area contributed by atoms with E-state index in [-0.39, 0.29) is 0 Å². The van der Waals surface area contributed by atoms with E-state index in [4.69, 9.17) is 4.42 Å². The van der Waals surface area contributed by atoms with E-state index in [1.54, 1.807) is 0 Å². The van der Waals surface area contributed by atoms with Crippen LogP contribution in [-0.4, -0.2) is 0 Å². The topological polar surface area (TPSA) is 19.6 Å². The molecule has 0 saturated carbocycles. The first-order valence-corrected chi connectivity index (χ1v) is 37.9. The van der Waals surface area contributed by atoms with Gasteiger partial charge in [-0.2, -0.15) is 0 Å². The Bertz CT molecular complexity index is 6340. The molecule has 4 heteroatoms. The summed E-state index contributed by atoms with van der Waals surface area (Å²) in [5.74, 6) is 0. The monoisotopic (exact) mass is 1390 g/mol. The first-order chi connectivity index (χ1) is 53.6. The number of rotatable bonds is 13. The lowest BCUT2D eigenvalue weighted by atomic mass is 9.67. The minimum atomic E-state index is -0.558. The van der Waals surface area contributed by atoms with E-state index >= 15 is 0 Å². The van der Waals surface area contributed by atoms with Gasteiger partial charge in [-0.25, -0.2) is 0 Å². The summed E-state index contributed by atoms with van der Waals surface area (Å²) in [7, 11) is 0. The zero-order valence-electron chi connectivity index (χ0n) is 59.1. The van der Waals surface area contributed by atoms with Crippen molar-refractivity contribution in [2.75, 3.05) is 9.80 Å². The normalized spacial score (nSPS) is 12.8. The Morgan fingerprint density at radius 3 is 0.963 bits per heavy atom. The van der Waals surface area contributed by atoms with Gasteiger partial charge in [-0.3, -0.25) is 0 Å². The van der Waals surface area contributed by atoms with Crippen molar-refractivity contribution in [1.29, 1.82) is 0 Å². The molecule has 0 amide bonds. The quantitative estimate of drug-likeness (QED) is 0.115. The molecule has 0 fully saturated rings. The predicted molar refractivity (Wildman–Crippen MR) is 453 cm³/mol. The van der Waals surface area contributed by atoms with Gasteiger partial charge in [0.1, 0.15) is 11.2 Å². The number of nitrogens with zero attached hydrogens (tertiary/aromatic N) is 2. The van der Waals surface area contributed by atoms with Crippen molar-refractivity contribution in [3.63, 3.8) is 0 Å². The summed E-state index contributed by atoms with van der Waals surface area (Å²) in [4.78, 5) is 4.69. The number of anilines is 6. The lowest BCUT2D eigenvalue weighted by Crippen LogP contribution is -2.28. The molecule has 0 unspecified atom stereocenters. The smallest absolute Gasteiger partial charge is 0.140 e. The molecule has 0 atom stereocenters. The SMILES string of the molecule is c1ccc(-c2ccc(N(c3ccc(-c4ccccc4)cc3)c3ccc4c(c3)oc3c(C5(c6ccccc6)c6ccccc6-c6ccccc65)cccc34)cc2)cc1.c1ccc(-c2ccc(N(c3ccccc3)c3ccc4c(c3)sc3c(C5(c6ccccc6)c6ccccc6-c6ccccc65)cccc34)cc2)cc1. The number of fused-ring (bicyclic) bond motifs is 12. The van der Waals surface area contributed by atoms with Gasteiger partial charge in [0.05, 0.1) is 10.8 Å². The van der Waals surface area contributed by atoms with Crippen molar-refractivity contribution < 1.29 is 4.42 Å². The molecule has 0 saturated heterocycles. The van der Waals surface area contributed by atoms with Gasteiger partial charge in [0.25, 0.3) is 0 Å². The Morgan fingerprint density at radius 2 is 0.528 bits per heavy atom. The Kier molecular flexibility index (Phi) is 15.9. The van der Waals surface area contributed by atoms with Gasteiger partial charge in [-0.1, -0.05) is 346 Å². The zero-order valence-corrected chi connectivity index (χ0v) is 59.9. The summed E-state index contributed by atoms with van der Waals surface area (Å²) in [5.41, 5.74) is 29.9. The summed E-state index contributed by atoms with van der Waals surface area (Å²) >= 11 is 1.91. The maximum absolute atomic E-state index is 7.16. The first kappa shape index (κ1) is 64.0. The lowest BCUT2D eigenvalue weighted by molar-refractivity contribution is 0.648. The highest BCUT2D eigenvalue weighted by atomic mass is 32.1. The van der Waals surface area contributed by atoms with Gasteiger partial charge in [0.2, 0.25) is 0 Å². The fraction of sp³-hybridized carbons (Fsp3) is 0.0192. The fourth-order valence-electron chi connectivity index (χ4n) is 17.6. The number of para-hydroxylation sites is 2. The molecule has 17 aromatic carbocycles. The molecule has 0 spiro atoms. The molecular formula is C104H70N2OS. The van der Waals surface area contributed by atoms with E-state index < -0.39 is 10.8 Å². The van der Waals surface area contributed by atoms with Crippen LogP contribution in [0.2, 0.25) is 0 Å². The molecule has 0 N–H and O–H groups in total. The van der Waals surface area contributed by atoms with Crippen molar-refractivity contribution in [1.82, 2.24) is 0 Å². The number of benzene rings is 17. The van der Waals surface area contributed by atoms with Gasteiger partial charge in [0.15, 0.2) is 0 Å². The van der Waals surface area contributed by atoms with Crippen LogP contribution in [0.4, 0.5) is 34.1 Å². The van der Waals surface area contributed by atoms with E-state index in [9.17, 15) is 0 Å².